The van der Waals surface area contributed by atoms with E-state index in [4.69, 9.17) is 0 Å². The largest absolute Gasteiger partial charge is 0.280 e. The summed E-state index contributed by atoms with van der Waals surface area (Å²) in [6.45, 7) is 6.12. The maximum absolute atomic E-state index is 12.7. The molecule has 1 N–H and O–H groups in total. The summed E-state index contributed by atoms with van der Waals surface area (Å²) < 4.78 is 28.0. The average molecular weight is 340 g/mol. The molecule has 0 saturated heterocycles. The van der Waals surface area contributed by atoms with Crippen LogP contribution in [0.3, 0.4) is 0 Å². The van der Waals surface area contributed by atoms with Crippen molar-refractivity contribution >= 4 is 26.5 Å². The molecule has 3 aromatic rings. The fourth-order valence-corrected chi connectivity index (χ4v) is 3.54. The molecule has 0 aliphatic rings. The van der Waals surface area contributed by atoms with E-state index < -0.39 is 10.0 Å². The molecule has 0 radical (unpaired) electrons. The fourth-order valence-electron chi connectivity index (χ4n) is 2.45. The third-order valence-corrected chi connectivity index (χ3v) is 5.19. The number of rotatable bonds is 3. The Morgan fingerprint density at radius 2 is 1.62 bits per heavy atom. The van der Waals surface area contributed by atoms with Crippen molar-refractivity contribution in [2.24, 2.45) is 0 Å². The Morgan fingerprint density at radius 1 is 0.917 bits per heavy atom. The van der Waals surface area contributed by atoms with Crippen LogP contribution in [0.15, 0.2) is 65.7 Å². The summed E-state index contributed by atoms with van der Waals surface area (Å²) >= 11 is 0. The Hall–Kier alpha value is -2.40. The van der Waals surface area contributed by atoms with E-state index >= 15 is 0 Å². The first-order valence-corrected chi connectivity index (χ1v) is 9.22. The third-order valence-electron chi connectivity index (χ3n) is 3.81. The molecule has 0 spiro atoms. The summed E-state index contributed by atoms with van der Waals surface area (Å²) in [6.07, 6.45) is 1.62. The quantitative estimate of drug-likeness (QED) is 0.772. The van der Waals surface area contributed by atoms with Gasteiger partial charge in [0, 0.05) is 17.3 Å². The van der Waals surface area contributed by atoms with Gasteiger partial charge in [0.1, 0.15) is 0 Å². The normalized spacial score (nSPS) is 12.3. The number of nitrogens with zero attached hydrogens (tertiary/aromatic N) is 1. The first-order valence-electron chi connectivity index (χ1n) is 7.74. The molecule has 3 rings (SSSR count). The maximum Gasteiger partial charge on any atom is 0.261 e. The van der Waals surface area contributed by atoms with Crippen molar-refractivity contribution in [3.8, 4) is 0 Å². The number of hydrogen-bond acceptors (Lipinski definition) is 3. The van der Waals surface area contributed by atoms with Gasteiger partial charge in [0.25, 0.3) is 10.0 Å². The molecule has 24 heavy (non-hydrogen) atoms. The van der Waals surface area contributed by atoms with Gasteiger partial charge >= 0.3 is 0 Å². The van der Waals surface area contributed by atoms with Crippen LogP contribution in [-0.4, -0.2) is 13.4 Å². The second-order valence-electron chi connectivity index (χ2n) is 6.79. The minimum absolute atomic E-state index is 0.148. The van der Waals surface area contributed by atoms with Gasteiger partial charge < -0.3 is 0 Å². The molecule has 4 nitrogen and oxygen atoms in total. The number of pyridine rings is 1. The Morgan fingerprint density at radius 3 is 2.33 bits per heavy atom. The zero-order valence-corrected chi connectivity index (χ0v) is 14.8. The van der Waals surface area contributed by atoms with E-state index in [1.807, 2.05) is 51.1 Å². The summed E-state index contributed by atoms with van der Waals surface area (Å²) in [5.74, 6) is 0. The Labute approximate surface area is 142 Å². The van der Waals surface area contributed by atoms with E-state index in [2.05, 4.69) is 9.71 Å². The van der Waals surface area contributed by atoms with Crippen molar-refractivity contribution in [2.75, 3.05) is 4.72 Å². The summed E-state index contributed by atoms with van der Waals surface area (Å²) in [7, 11) is -3.64. The highest BCUT2D eigenvalue weighted by Crippen LogP contribution is 2.25. The lowest BCUT2D eigenvalue weighted by atomic mass is 9.91. The van der Waals surface area contributed by atoms with E-state index in [-0.39, 0.29) is 10.3 Å². The van der Waals surface area contributed by atoms with Gasteiger partial charge in [-0.3, -0.25) is 9.71 Å². The molecule has 124 valence electrons. The first-order chi connectivity index (χ1) is 11.3. The Balaban J connectivity index is 1.96. The van der Waals surface area contributed by atoms with Crippen molar-refractivity contribution in [3.05, 3.63) is 66.5 Å². The highest BCUT2D eigenvalue weighted by atomic mass is 32.2. The predicted octanol–water partition coefficient (Wildman–Crippen LogP) is 4.33. The minimum atomic E-state index is -3.64. The summed E-state index contributed by atoms with van der Waals surface area (Å²) in [4.78, 5) is 4.57. The monoisotopic (exact) mass is 340 g/mol. The molecule has 0 unspecified atom stereocenters. The van der Waals surface area contributed by atoms with E-state index in [9.17, 15) is 8.42 Å². The van der Waals surface area contributed by atoms with E-state index in [0.29, 0.717) is 5.69 Å². The van der Waals surface area contributed by atoms with Gasteiger partial charge in [-0.2, -0.15) is 0 Å². The van der Waals surface area contributed by atoms with Crippen LogP contribution in [0.25, 0.3) is 10.8 Å². The van der Waals surface area contributed by atoms with Gasteiger partial charge in [0.15, 0.2) is 0 Å². The van der Waals surface area contributed by atoms with Gasteiger partial charge in [0.05, 0.1) is 10.6 Å². The van der Waals surface area contributed by atoms with Crippen molar-refractivity contribution in [3.63, 3.8) is 0 Å². The first kappa shape index (κ1) is 16.5. The minimum Gasteiger partial charge on any atom is -0.280 e. The number of fused-ring (bicyclic) bond motifs is 1. The number of aromatic nitrogens is 1. The third kappa shape index (κ3) is 3.41. The van der Waals surface area contributed by atoms with Crippen LogP contribution in [0.2, 0.25) is 0 Å². The molecule has 2 aromatic carbocycles. The summed E-state index contributed by atoms with van der Waals surface area (Å²) in [5, 5.41) is 1.90. The van der Waals surface area contributed by atoms with Crippen LogP contribution in [-0.2, 0) is 15.4 Å². The molecule has 0 atom stereocenters. The lowest BCUT2D eigenvalue weighted by Crippen LogP contribution is -2.16. The van der Waals surface area contributed by atoms with E-state index in [1.165, 1.54) is 0 Å². The van der Waals surface area contributed by atoms with Crippen LogP contribution in [0.1, 0.15) is 26.5 Å². The van der Waals surface area contributed by atoms with Crippen LogP contribution in [0.4, 0.5) is 5.69 Å². The molecule has 0 saturated carbocycles. The molecule has 0 amide bonds. The molecular formula is C19H20N2O2S. The number of benzene rings is 2. The number of anilines is 1. The molecule has 5 heteroatoms. The molecule has 1 heterocycles. The van der Waals surface area contributed by atoms with Crippen molar-refractivity contribution in [2.45, 2.75) is 31.1 Å². The van der Waals surface area contributed by atoms with Gasteiger partial charge in [-0.1, -0.05) is 51.1 Å². The molecule has 1 aromatic heterocycles. The number of sulfonamides is 1. The molecule has 0 aliphatic carbocycles. The molecular weight excluding hydrogens is 320 g/mol. The number of hydrogen-bond donors (Lipinski definition) is 1. The topological polar surface area (TPSA) is 59.1 Å². The van der Waals surface area contributed by atoms with Crippen LogP contribution >= 0.6 is 0 Å². The van der Waals surface area contributed by atoms with Gasteiger partial charge in [-0.25, -0.2) is 8.42 Å². The lowest BCUT2D eigenvalue weighted by molar-refractivity contribution is 0.569. The van der Waals surface area contributed by atoms with Gasteiger partial charge in [-0.05, 0) is 35.0 Å². The number of nitrogens with one attached hydrogen (secondary N) is 1. The second-order valence-corrected chi connectivity index (χ2v) is 8.48. The highest BCUT2D eigenvalue weighted by molar-refractivity contribution is 7.92. The van der Waals surface area contributed by atoms with Gasteiger partial charge in [-0.15, -0.1) is 0 Å². The average Bonchev–Trinajstić information content (AvgIpc) is 2.53. The van der Waals surface area contributed by atoms with Crippen LogP contribution < -0.4 is 4.72 Å². The molecule has 0 fully saturated rings. The Bertz CT molecular complexity index is 989. The summed E-state index contributed by atoms with van der Waals surface area (Å²) in [6, 6.07) is 16.2. The summed E-state index contributed by atoms with van der Waals surface area (Å²) in [5.41, 5.74) is 1.20. The zero-order valence-electron chi connectivity index (χ0n) is 13.9. The maximum atomic E-state index is 12.7. The van der Waals surface area contributed by atoms with Crippen molar-refractivity contribution in [1.29, 1.82) is 0 Å². The van der Waals surface area contributed by atoms with Crippen LogP contribution in [0, 0.1) is 0 Å². The fraction of sp³-hybridized carbons (Fsp3) is 0.211. The Kier molecular flexibility index (Phi) is 4.05. The van der Waals surface area contributed by atoms with Crippen LogP contribution in [0.5, 0.6) is 0 Å². The van der Waals surface area contributed by atoms with Crippen molar-refractivity contribution in [1.82, 2.24) is 4.98 Å². The standard InChI is InChI=1S/C19H20N2O2S/c1-19(2,3)18-13-16(10-11-20-18)21-24(22,23)17-9-8-14-6-4-5-7-15(14)12-17/h4-13H,1-3H3,(H,20,21). The second kappa shape index (κ2) is 5.91. The predicted molar refractivity (Wildman–Crippen MR) is 97.7 cm³/mol. The zero-order chi connectivity index (χ0) is 17.4. The smallest absolute Gasteiger partial charge is 0.261 e. The van der Waals surface area contributed by atoms with Crippen molar-refractivity contribution < 1.29 is 8.42 Å². The highest BCUT2D eigenvalue weighted by Gasteiger charge is 2.18. The SMILES string of the molecule is CC(C)(C)c1cc(NS(=O)(=O)c2ccc3ccccc3c2)ccn1. The molecule has 0 bridgehead atoms. The molecule has 0 aliphatic heterocycles. The van der Waals surface area contributed by atoms with E-state index in [1.54, 1.807) is 30.5 Å². The van der Waals surface area contributed by atoms with Gasteiger partial charge in [0.2, 0.25) is 0 Å². The van der Waals surface area contributed by atoms with E-state index in [0.717, 1.165) is 16.5 Å². The lowest BCUT2D eigenvalue weighted by Gasteiger charge is -2.18.